The van der Waals surface area contributed by atoms with Gasteiger partial charge in [-0.25, -0.2) is 4.79 Å². The average molecular weight is 580 g/mol. The summed E-state index contributed by atoms with van der Waals surface area (Å²) in [7, 11) is 0. The van der Waals surface area contributed by atoms with Gasteiger partial charge in [0.15, 0.2) is 11.5 Å². The molecule has 2 heterocycles. The first kappa shape index (κ1) is 30.0. The van der Waals surface area contributed by atoms with E-state index in [4.69, 9.17) is 14.2 Å². The Bertz CT molecular complexity index is 1130. The molecule has 0 aromatic heterocycles. The lowest BCUT2D eigenvalue weighted by molar-refractivity contribution is -0.174. The lowest BCUT2D eigenvalue weighted by atomic mass is 9.48. The number of piperidine rings is 1. The highest BCUT2D eigenvalue weighted by Crippen LogP contribution is 2.66. The van der Waals surface area contributed by atoms with E-state index in [1.807, 2.05) is 6.07 Å². The summed E-state index contributed by atoms with van der Waals surface area (Å²) in [6.07, 6.45) is 20.0. The Morgan fingerprint density at radius 3 is 2.40 bits per heavy atom. The molecule has 0 amide bonds. The number of nitrogens with zero attached hydrogens (tertiary/aromatic N) is 1. The maximum absolute atomic E-state index is 12.7. The van der Waals surface area contributed by atoms with Crippen molar-refractivity contribution in [1.29, 1.82) is 0 Å². The maximum atomic E-state index is 12.7. The van der Waals surface area contributed by atoms with Crippen molar-refractivity contribution < 1.29 is 24.1 Å². The second-order valence-corrected chi connectivity index (χ2v) is 14.0. The van der Waals surface area contributed by atoms with Gasteiger partial charge in [0, 0.05) is 18.2 Å². The van der Waals surface area contributed by atoms with Crippen molar-refractivity contribution in [3.63, 3.8) is 0 Å². The molecule has 6 rings (SSSR count). The van der Waals surface area contributed by atoms with Gasteiger partial charge in [0.2, 0.25) is 0 Å². The van der Waals surface area contributed by atoms with E-state index in [1.54, 1.807) is 0 Å². The fourth-order valence-corrected chi connectivity index (χ4v) is 8.68. The predicted octanol–water partition coefficient (Wildman–Crippen LogP) is 8.02. The Hall–Kier alpha value is -2.05. The van der Waals surface area contributed by atoms with Crippen LogP contribution in [0, 0.1) is 5.92 Å². The summed E-state index contributed by atoms with van der Waals surface area (Å²) in [5.74, 6) is 1.81. The Morgan fingerprint density at radius 1 is 1.02 bits per heavy atom. The number of hydrogen-bond donors (Lipinski definition) is 1. The van der Waals surface area contributed by atoms with Crippen LogP contribution in [0.15, 0.2) is 24.3 Å². The molecule has 1 N–H and O–H groups in total. The smallest absolute Gasteiger partial charge is 0.481 e. The number of carbonyl (C=O) groups excluding carboxylic acids is 1. The predicted molar refractivity (Wildman–Crippen MR) is 165 cm³/mol. The van der Waals surface area contributed by atoms with Crippen LogP contribution in [0.5, 0.6) is 11.5 Å². The third-order valence-corrected chi connectivity index (χ3v) is 11.1. The number of rotatable bonds is 16. The third-order valence-electron chi connectivity index (χ3n) is 11.1. The van der Waals surface area contributed by atoms with Crippen LogP contribution >= 0.6 is 0 Å². The molecule has 1 aromatic carbocycles. The molecule has 2 saturated carbocycles. The lowest BCUT2D eigenvalue weighted by Gasteiger charge is -2.63. The van der Waals surface area contributed by atoms with Crippen molar-refractivity contribution in [2.45, 2.75) is 146 Å². The molecule has 2 bridgehead atoms. The summed E-state index contributed by atoms with van der Waals surface area (Å²) in [4.78, 5) is 15.3. The van der Waals surface area contributed by atoms with Gasteiger partial charge in [-0.2, -0.15) is 0 Å². The van der Waals surface area contributed by atoms with Gasteiger partial charge in [0.1, 0.15) is 6.10 Å². The molecule has 0 radical (unpaired) electrons. The monoisotopic (exact) mass is 579 g/mol. The van der Waals surface area contributed by atoms with Gasteiger partial charge in [0.25, 0.3) is 0 Å². The SMILES string of the molecule is C=C1CCC2(O)C3Cc4ccc(OC(=O)OCCCCCCCCCCCCCC)c5c4C2(CCN3CC2CC2)C1O5. The average Bonchev–Trinajstić information content (AvgIpc) is 3.72. The van der Waals surface area contributed by atoms with Crippen molar-refractivity contribution in [1.82, 2.24) is 4.90 Å². The van der Waals surface area contributed by atoms with Gasteiger partial charge in [-0.05, 0) is 74.6 Å². The van der Waals surface area contributed by atoms with Crippen molar-refractivity contribution >= 4 is 6.16 Å². The van der Waals surface area contributed by atoms with E-state index in [-0.39, 0.29) is 12.1 Å². The number of likely N-dealkylation sites (tertiary alicyclic amines) is 1. The summed E-state index contributed by atoms with van der Waals surface area (Å²) in [5, 5.41) is 12.5. The number of hydrogen-bond acceptors (Lipinski definition) is 6. The van der Waals surface area contributed by atoms with Crippen molar-refractivity contribution in [3.05, 3.63) is 35.4 Å². The van der Waals surface area contributed by atoms with Crippen molar-refractivity contribution in [3.8, 4) is 11.5 Å². The Balaban J connectivity index is 1.01. The van der Waals surface area contributed by atoms with Gasteiger partial charge >= 0.3 is 6.16 Å². The molecule has 2 aliphatic heterocycles. The standard InChI is InChI=1S/C36H53NO5/c1-3-4-5-6-7-8-9-10-11-12-13-14-23-40-34(38)41-29-18-17-28-24-30-36(39)20-19-26(2)33-35(36,31(28)32(29)42-33)21-22-37(30)25-27-15-16-27/h17-18,27,30,33,39H,2-16,19-25H2,1H3. The number of benzene rings is 1. The number of unbranched alkanes of at least 4 members (excludes halogenated alkanes) is 11. The fraction of sp³-hybridized carbons (Fsp3) is 0.750. The van der Waals surface area contributed by atoms with E-state index in [2.05, 4.69) is 24.5 Å². The van der Waals surface area contributed by atoms with Crippen LogP contribution in [-0.2, 0) is 16.6 Å². The summed E-state index contributed by atoms with van der Waals surface area (Å²) in [6.45, 7) is 9.07. The van der Waals surface area contributed by atoms with Crippen LogP contribution in [-0.4, -0.2) is 53.6 Å². The number of carbonyl (C=O) groups is 1. The van der Waals surface area contributed by atoms with Crippen LogP contribution in [0.25, 0.3) is 0 Å². The molecule has 1 saturated heterocycles. The molecule has 4 atom stereocenters. The molecule has 1 aromatic rings. The van der Waals surface area contributed by atoms with E-state index < -0.39 is 17.2 Å². The normalized spacial score (nSPS) is 29.2. The second kappa shape index (κ2) is 12.9. The molecule has 42 heavy (non-hydrogen) atoms. The van der Waals surface area contributed by atoms with E-state index in [9.17, 15) is 9.90 Å². The zero-order chi connectivity index (χ0) is 29.2. The summed E-state index contributed by atoms with van der Waals surface area (Å²) in [6, 6.07) is 4.04. The highest BCUT2D eigenvalue weighted by Gasteiger charge is 2.72. The van der Waals surface area contributed by atoms with Gasteiger partial charge in [-0.15, -0.1) is 0 Å². The zero-order valence-electron chi connectivity index (χ0n) is 26.0. The molecule has 1 spiro atoms. The molecule has 4 unspecified atom stereocenters. The zero-order valence-corrected chi connectivity index (χ0v) is 26.0. The summed E-state index contributed by atoms with van der Waals surface area (Å²) >= 11 is 0. The molecule has 6 heteroatoms. The van der Waals surface area contributed by atoms with E-state index in [1.165, 1.54) is 82.6 Å². The van der Waals surface area contributed by atoms with Crippen molar-refractivity contribution in [2.24, 2.45) is 5.92 Å². The van der Waals surface area contributed by atoms with E-state index in [0.29, 0.717) is 24.5 Å². The minimum atomic E-state index is -0.863. The van der Waals surface area contributed by atoms with E-state index in [0.717, 1.165) is 62.2 Å². The summed E-state index contributed by atoms with van der Waals surface area (Å²) in [5.41, 5.74) is 1.93. The third kappa shape index (κ3) is 5.63. The first-order valence-corrected chi connectivity index (χ1v) is 17.3. The Morgan fingerprint density at radius 2 is 1.71 bits per heavy atom. The minimum Gasteiger partial charge on any atom is -0.481 e. The van der Waals surface area contributed by atoms with Crippen LogP contribution < -0.4 is 9.47 Å². The van der Waals surface area contributed by atoms with Gasteiger partial charge in [0.05, 0.1) is 17.6 Å². The minimum absolute atomic E-state index is 0.0942. The second-order valence-electron chi connectivity index (χ2n) is 14.0. The molecule has 6 nitrogen and oxygen atoms in total. The molecule has 3 aliphatic carbocycles. The summed E-state index contributed by atoms with van der Waals surface area (Å²) < 4.78 is 17.9. The molecule has 232 valence electrons. The fourth-order valence-electron chi connectivity index (χ4n) is 8.68. The first-order valence-electron chi connectivity index (χ1n) is 17.3. The van der Waals surface area contributed by atoms with Crippen LogP contribution in [0.4, 0.5) is 4.79 Å². The lowest BCUT2D eigenvalue weighted by Crippen LogP contribution is -2.75. The number of aliphatic hydroxyl groups is 1. The largest absolute Gasteiger partial charge is 0.513 e. The molecule has 5 aliphatic rings. The molecular formula is C36H53NO5. The van der Waals surface area contributed by atoms with E-state index >= 15 is 0 Å². The van der Waals surface area contributed by atoms with Gasteiger partial charge in [-0.3, -0.25) is 4.90 Å². The van der Waals surface area contributed by atoms with Crippen LogP contribution in [0.3, 0.4) is 0 Å². The molecular weight excluding hydrogens is 526 g/mol. The topological polar surface area (TPSA) is 68.2 Å². The highest BCUT2D eigenvalue weighted by atomic mass is 16.7. The van der Waals surface area contributed by atoms with Crippen LogP contribution in [0.1, 0.15) is 127 Å². The first-order chi connectivity index (χ1) is 20.5. The highest BCUT2D eigenvalue weighted by molar-refractivity contribution is 5.70. The Labute approximate surface area is 253 Å². The van der Waals surface area contributed by atoms with Gasteiger partial charge in [-0.1, -0.05) is 90.2 Å². The maximum Gasteiger partial charge on any atom is 0.513 e. The molecule has 3 fully saturated rings. The van der Waals surface area contributed by atoms with Crippen molar-refractivity contribution in [2.75, 3.05) is 19.7 Å². The Kier molecular flexibility index (Phi) is 9.21. The number of ether oxygens (including phenoxy) is 3. The van der Waals surface area contributed by atoms with Crippen LogP contribution in [0.2, 0.25) is 0 Å². The quantitative estimate of drug-likeness (QED) is 0.0926. The van der Waals surface area contributed by atoms with Gasteiger partial charge < -0.3 is 19.3 Å².